The van der Waals surface area contributed by atoms with Crippen LogP contribution < -0.4 is 14.4 Å². The number of thiophene rings is 1. The Bertz CT molecular complexity index is 899. The first kappa shape index (κ1) is 18.6. The van der Waals surface area contributed by atoms with E-state index in [1.807, 2.05) is 12.1 Å². The largest absolute Gasteiger partial charge is 0.433 e. The van der Waals surface area contributed by atoms with Crippen LogP contribution in [-0.4, -0.2) is 39.8 Å². The summed E-state index contributed by atoms with van der Waals surface area (Å²) in [6, 6.07) is 8.53. The summed E-state index contributed by atoms with van der Waals surface area (Å²) in [5, 5.41) is 3.89. The van der Waals surface area contributed by atoms with Crippen LogP contribution in [0.2, 0.25) is 0 Å². The van der Waals surface area contributed by atoms with E-state index < -0.39 is 22.5 Å². The number of ether oxygens (including phenoxy) is 1. The Morgan fingerprint density at radius 2 is 2.08 bits per heavy atom. The molecule has 2 heterocycles. The predicted octanol–water partition coefficient (Wildman–Crippen LogP) is 2.47. The number of hydrogen-bond acceptors (Lipinski definition) is 5. The van der Waals surface area contributed by atoms with Gasteiger partial charge in [0.2, 0.25) is 10.0 Å². The molecule has 0 fully saturated rings. The molecule has 0 bridgehead atoms. The Hall–Kier alpha value is -2.20. The molecule has 1 aliphatic heterocycles. The number of carbonyl (C=O) groups is 1. The normalized spacial score (nSPS) is 13.7. The summed E-state index contributed by atoms with van der Waals surface area (Å²) >= 11 is 0.943. The molecular formula is C16H16F2N2O4S2. The van der Waals surface area contributed by atoms with Gasteiger partial charge in [0.05, 0.1) is 11.4 Å². The number of rotatable bonds is 7. The molecule has 6 nitrogen and oxygen atoms in total. The van der Waals surface area contributed by atoms with E-state index >= 15 is 0 Å². The van der Waals surface area contributed by atoms with Crippen molar-refractivity contribution in [2.75, 3.05) is 23.1 Å². The maximum absolute atomic E-state index is 12.5. The maximum Gasteiger partial charge on any atom is 0.387 e. The third-order valence-electron chi connectivity index (χ3n) is 3.88. The lowest BCUT2D eigenvalue weighted by atomic mass is 10.2. The van der Waals surface area contributed by atoms with Crippen molar-refractivity contribution in [3.8, 4) is 5.75 Å². The van der Waals surface area contributed by atoms with Gasteiger partial charge in [-0.25, -0.2) is 8.42 Å². The van der Waals surface area contributed by atoms with E-state index in [1.165, 1.54) is 15.8 Å². The second-order valence-electron chi connectivity index (χ2n) is 5.52. The number of benzene rings is 1. The molecule has 0 radical (unpaired) electrons. The molecule has 1 amide bonds. The fourth-order valence-corrected chi connectivity index (χ4v) is 4.90. The molecule has 1 N–H and O–H groups in total. The van der Waals surface area contributed by atoms with E-state index in [-0.39, 0.29) is 22.9 Å². The van der Waals surface area contributed by atoms with Gasteiger partial charge in [-0.3, -0.25) is 9.10 Å². The lowest BCUT2D eigenvalue weighted by Gasteiger charge is -2.19. The first-order valence-electron chi connectivity index (χ1n) is 7.77. The number of nitrogens with one attached hydrogen (secondary N) is 1. The molecule has 10 heteroatoms. The van der Waals surface area contributed by atoms with Crippen LogP contribution >= 0.6 is 11.3 Å². The predicted molar refractivity (Wildman–Crippen MR) is 94.6 cm³/mol. The molecule has 1 aromatic heterocycles. The van der Waals surface area contributed by atoms with Crippen LogP contribution in [0.15, 0.2) is 35.7 Å². The van der Waals surface area contributed by atoms with Crippen molar-refractivity contribution in [2.24, 2.45) is 0 Å². The first-order valence-corrected chi connectivity index (χ1v) is 10.3. The number of para-hydroxylation sites is 1. The Morgan fingerprint density at radius 1 is 1.31 bits per heavy atom. The third kappa shape index (κ3) is 3.96. The zero-order valence-corrected chi connectivity index (χ0v) is 15.2. The molecule has 140 valence electrons. The number of carbonyl (C=O) groups excluding carboxylic acids is 1. The Morgan fingerprint density at radius 3 is 2.85 bits per heavy atom. The second-order valence-corrected chi connectivity index (χ2v) is 8.44. The average molecular weight is 402 g/mol. The van der Waals surface area contributed by atoms with E-state index in [2.05, 4.69) is 10.1 Å². The van der Waals surface area contributed by atoms with Crippen molar-refractivity contribution < 1.29 is 26.7 Å². The maximum atomic E-state index is 12.5. The Balaban J connectivity index is 1.60. The molecule has 1 aliphatic rings. The second kappa shape index (κ2) is 7.58. The fourth-order valence-electron chi connectivity index (χ4n) is 2.73. The zero-order chi connectivity index (χ0) is 18.7. The molecule has 26 heavy (non-hydrogen) atoms. The number of amides is 1. The highest BCUT2D eigenvalue weighted by atomic mass is 32.2. The van der Waals surface area contributed by atoms with E-state index in [9.17, 15) is 22.0 Å². The molecule has 0 saturated carbocycles. The number of halogens is 2. The van der Waals surface area contributed by atoms with Gasteiger partial charge in [0.25, 0.3) is 5.91 Å². The molecule has 0 unspecified atom stereocenters. The van der Waals surface area contributed by atoms with Gasteiger partial charge < -0.3 is 10.1 Å². The third-order valence-corrected chi connectivity index (χ3v) is 6.54. The van der Waals surface area contributed by atoms with Crippen LogP contribution in [0.3, 0.4) is 0 Å². The van der Waals surface area contributed by atoms with E-state index in [0.717, 1.165) is 16.9 Å². The molecule has 0 aliphatic carbocycles. The van der Waals surface area contributed by atoms with Crippen LogP contribution in [0.5, 0.6) is 5.75 Å². The lowest BCUT2D eigenvalue weighted by molar-refractivity contribution is -0.0498. The highest BCUT2D eigenvalue weighted by Crippen LogP contribution is 2.30. The van der Waals surface area contributed by atoms with E-state index in [1.54, 1.807) is 12.1 Å². The van der Waals surface area contributed by atoms with Crippen molar-refractivity contribution in [1.82, 2.24) is 5.32 Å². The van der Waals surface area contributed by atoms with Crippen LogP contribution in [-0.2, 0) is 16.4 Å². The minimum Gasteiger partial charge on any atom is -0.433 e. The van der Waals surface area contributed by atoms with Gasteiger partial charge in [0.15, 0.2) is 0 Å². The van der Waals surface area contributed by atoms with Crippen molar-refractivity contribution in [3.63, 3.8) is 0 Å². The molecule has 0 saturated heterocycles. The first-order chi connectivity index (χ1) is 12.4. The van der Waals surface area contributed by atoms with Gasteiger partial charge in [-0.15, -0.1) is 11.3 Å². The lowest BCUT2D eigenvalue weighted by Crippen LogP contribution is -2.36. The van der Waals surface area contributed by atoms with Gasteiger partial charge >= 0.3 is 6.61 Å². The summed E-state index contributed by atoms with van der Waals surface area (Å²) in [6.45, 7) is -2.80. The van der Waals surface area contributed by atoms with Crippen LogP contribution in [0.4, 0.5) is 14.5 Å². The van der Waals surface area contributed by atoms with Crippen molar-refractivity contribution in [1.29, 1.82) is 0 Å². The van der Waals surface area contributed by atoms with Crippen molar-refractivity contribution in [3.05, 3.63) is 46.2 Å². The minimum atomic E-state index is -3.60. The fraction of sp³-hybridized carbons (Fsp3) is 0.312. The highest BCUT2D eigenvalue weighted by molar-refractivity contribution is 7.92. The molecule has 0 atom stereocenters. The summed E-state index contributed by atoms with van der Waals surface area (Å²) in [5.74, 6) is -1.16. The number of nitrogens with zero attached hydrogens (tertiary/aromatic N) is 1. The number of alkyl halides is 2. The molecule has 2 aromatic rings. The quantitative estimate of drug-likeness (QED) is 0.772. The van der Waals surface area contributed by atoms with Gasteiger partial charge in [0.1, 0.15) is 10.6 Å². The van der Waals surface area contributed by atoms with E-state index in [4.69, 9.17) is 0 Å². The summed E-state index contributed by atoms with van der Waals surface area (Å²) in [5.41, 5.74) is 1.62. The SMILES string of the molecule is O=C(NCCS(=O)(=O)N1CCc2ccccc21)c1sccc1OC(F)F. The number of anilines is 1. The summed E-state index contributed by atoms with van der Waals surface area (Å²) in [7, 11) is -3.60. The highest BCUT2D eigenvalue weighted by Gasteiger charge is 2.29. The molecule has 0 spiro atoms. The molecular weight excluding hydrogens is 386 g/mol. The summed E-state index contributed by atoms with van der Waals surface area (Å²) in [6.07, 6.45) is 0.644. The van der Waals surface area contributed by atoms with Crippen LogP contribution in [0.1, 0.15) is 15.2 Å². The van der Waals surface area contributed by atoms with Gasteiger partial charge in [-0.2, -0.15) is 8.78 Å². The summed E-state index contributed by atoms with van der Waals surface area (Å²) in [4.78, 5) is 12.1. The topological polar surface area (TPSA) is 75.7 Å². The van der Waals surface area contributed by atoms with Crippen molar-refractivity contribution >= 4 is 33.0 Å². The Kier molecular flexibility index (Phi) is 5.42. The monoisotopic (exact) mass is 402 g/mol. The van der Waals surface area contributed by atoms with Gasteiger partial charge in [-0.05, 0) is 29.5 Å². The number of sulfonamides is 1. The number of fused-ring (bicyclic) bond motifs is 1. The standard InChI is InChI=1S/C16H16F2N2O4S2/c17-16(18)24-13-6-9-25-14(13)15(21)19-7-10-26(22,23)20-8-5-11-3-1-2-4-12(11)20/h1-4,6,9,16H,5,7-8,10H2,(H,19,21). The van der Waals surface area contributed by atoms with Crippen molar-refractivity contribution in [2.45, 2.75) is 13.0 Å². The van der Waals surface area contributed by atoms with E-state index in [0.29, 0.717) is 18.7 Å². The average Bonchev–Trinajstić information content (AvgIpc) is 3.20. The smallest absolute Gasteiger partial charge is 0.387 e. The molecule has 1 aromatic carbocycles. The minimum absolute atomic E-state index is 0.0192. The Labute approximate surface area is 153 Å². The van der Waals surface area contributed by atoms with Crippen LogP contribution in [0, 0.1) is 0 Å². The van der Waals surface area contributed by atoms with Gasteiger partial charge in [0, 0.05) is 13.1 Å². The van der Waals surface area contributed by atoms with Gasteiger partial charge in [-0.1, -0.05) is 18.2 Å². The zero-order valence-electron chi connectivity index (χ0n) is 13.5. The summed E-state index contributed by atoms with van der Waals surface area (Å²) < 4.78 is 55.3. The number of hydrogen-bond donors (Lipinski definition) is 1. The molecule has 3 rings (SSSR count). The van der Waals surface area contributed by atoms with Crippen LogP contribution in [0.25, 0.3) is 0 Å².